The molecule has 2 rings (SSSR count). The van der Waals surface area contributed by atoms with E-state index in [1.54, 1.807) is 11.3 Å². The second kappa shape index (κ2) is 5.50. The van der Waals surface area contributed by atoms with Gasteiger partial charge in [-0.1, -0.05) is 6.92 Å². The largest absolute Gasteiger partial charge is 0.351 e. The summed E-state index contributed by atoms with van der Waals surface area (Å²) in [6.07, 6.45) is 1.84. The molecule has 0 spiro atoms. The van der Waals surface area contributed by atoms with Gasteiger partial charge in [0.25, 0.3) is 0 Å². The zero-order valence-corrected chi connectivity index (χ0v) is 12.3. The van der Waals surface area contributed by atoms with Gasteiger partial charge in [-0.15, -0.1) is 11.3 Å². The summed E-state index contributed by atoms with van der Waals surface area (Å²) in [5.74, 6) is 0.180. The summed E-state index contributed by atoms with van der Waals surface area (Å²) in [5.41, 5.74) is -0.199. The number of carbonyl (C=O) groups excluding carboxylic acids is 1. The first kappa shape index (κ1) is 13.1. The molecule has 1 aromatic rings. The minimum Gasteiger partial charge on any atom is -0.351 e. The maximum absolute atomic E-state index is 12.2. The molecule has 0 aromatic carbocycles. The van der Waals surface area contributed by atoms with Gasteiger partial charge in [0.15, 0.2) is 0 Å². The number of piperidine rings is 1. The molecule has 0 atom stereocenters. The SMILES string of the molecule is CC1(C(=O)NCc2sccc2Br)CCNCC1. The summed E-state index contributed by atoms with van der Waals surface area (Å²) < 4.78 is 1.08. The van der Waals surface area contributed by atoms with Crippen LogP contribution in [0, 0.1) is 5.41 Å². The third-order valence-electron chi connectivity index (χ3n) is 3.36. The molecular weight excluding hydrogens is 300 g/mol. The summed E-state index contributed by atoms with van der Waals surface area (Å²) in [6, 6.07) is 2.01. The number of rotatable bonds is 3. The second-order valence-corrected chi connectivity index (χ2v) is 6.54. The van der Waals surface area contributed by atoms with Crippen molar-refractivity contribution in [2.75, 3.05) is 13.1 Å². The van der Waals surface area contributed by atoms with Crippen molar-refractivity contribution >= 4 is 33.2 Å². The lowest BCUT2D eigenvalue weighted by Crippen LogP contribution is -2.45. The zero-order chi connectivity index (χ0) is 12.3. The molecule has 2 N–H and O–H groups in total. The smallest absolute Gasteiger partial charge is 0.226 e. The summed E-state index contributed by atoms with van der Waals surface area (Å²) in [4.78, 5) is 13.4. The van der Waals surface area contributed by atoms with Crippen LogP contribution in [0.3, 0.4) is 0 Å². The third-order valence-corrected chi connectivity index (χ3v) is 5.28. The lowest BCUT2D eigenvalue weighted by atomic mass is 9.80. The molecule has 94 valence electrons. The van der Waals surface area contributed by atoms with Crippen LogP contribution in [0.2, 0.25) is 0 Å². The number of halogens is 1. The van der Waals surface area contributed by atoms with Crippen molar-refractivity contribution in [3.63, 3.8) is 0 Å². The van der Waals surface area contributed by atoms with Crippen LogP contribution in [0.25, 0.3) is 0 Å². The molecule has 0 bridgehead atoms. The van der Waals surface area contributed by atoms with Gasteiger partial charge >= 0.3 is 0 Å². The van der Waals surface area contributed by atoms with Crippen LogP contribution < -0.4 is 10.6 Å². The highest BCUT2D eigenvalue weighted by molar-refractivity contribution is 9.10. The Morgan fingerprint density at radius 2 is 2.29 bits per heavy atom. The Bertz CT molecular complexity index is 399. The molecule has 1 aromatic heterocycles. The van der Waals surface area contributed by atoms with E-state index < -0.39 is 0 Å². The molecule has 0 aliphatic carbocycles. The number of nitrogens with one attached hydrogen (secondary N) is 2. The first-order valence-electron chi connectivity index (χ1n) is 5.83. The summed E-state index contributed by atoms with van der Waals surface area (Å²) in [5, 5.41) is 8.36. The molecule has 1 aliphatic rings. The molecule has 0 radical (unpaired) electrons. The van der Waals surface area contributed by atoms with E-state index in [4.69, 9.17) is 0 Å². The Morgan fingerprint density at radius 3 is 2.88 bits per heavy atom. The van der Waals surface area contributed by atoms with Crippen molar-refractivity contribution in [1.82, 2.24) is 10.6 Å². The lowest BCUT2D eigenvalue weighted by molar-refractivity contribution is -0.131. The van der Waals surface area contributed by atoms with Crippen LogP contribution in [-0.2, 0) is 11.3 Å². The second-order valence-electron chi connectivity index (χ2n) is 4.69. The van der Waals surface area contributed by atoms with Crippen molar-refractivity contribution in [3.8, 4) is 0 Å². The third kappa shape index (κ3) is 3.09. The first-order valence-corrected chi connectivity index (χ1v) is 7.50. The van der Waals surface area contributed by atoms with Gasteiger partial charge in [0, 0.05) is 14.8 Å². The fourth-order valence-corrected chi connectivity index (χ4v) is 3.46. The average Bonchev–Trinajstić information content (AvgIpc) is 2.73. The first-order chi connectivity index (χ1) is 8.12. The normalized spacial score (nSPS) is 18.9. The van der Waals surface area contributed by atoms with E-state index in [0.717, 1.165) is 30.4 Å². The van der Waals surface area contributed by atoms with Crippen LogP contribution in [-0.4, -0.2) is 19.0 Å². The van der Waals surface area contributed by atoms with Crippen LogP contribution >= 0.6 is 27.3 Å². The van der Waals surface area contributed by atoms with Gasteiger partial charge in [0.1, 0.15) is 0 Å². The molecule has 1 fully saturated rings. The molecule has 2 heterocycles. The quantitative estimate of drug-likeness (QED) is 0.899. The highest BCUT2D eigenvalue weighted by atomic mass is 79.9. The molecule has 17 heavy (non-hydrogen) atoms. The van der Waals surface area contributed by atoms with Gasteiger partial charge in [-0.25, -0.2) is 0 Å². The molecule has 1 amide bonds. The zero-order valence-electron chi connectivity index (χ0n) is 9.88. The van der Waals surface area contributed by atoms with Gasteiger partial charge in [0.05, 0.1) is 6.54 Å². The van der Waals surface area contributed by atoms with Crippen molar-refractivity contribution in [3.05, 3.63) is 20.8 Å². The van der Waals surface area contributed by atoms with E-state index in [1.165, 1.54) is 4.88 Å². The Balaban J connectivity index is 1.91. The fraction of sp³-hybridized carbons (Fsp3) is 0.583. The Morgan fingerprint density at radius 1 is 1.59 bits per heavy atom. The Kier molecular flexibility index (Phi) is 4.22. The Hall–Kier alpha value is -0.390. The number of thiophene rings is 1. The van der Waals surface area contributed by atoms with Gasteiger partial charge in [-0.3, -0.25) is 4.79 Å². The Labute approximate surface area is 114 Å². The maximum Gasteiger partial charge on any atom is 0.226 e. The van der Waals surface area contributed by atoms with Crippen molar-refractivity contribution in [2.24, 2.45) is 5.41 Å². The number of carbonyl (C=O) groups is 1. The summed E-state index contributed by atoms with van der Waals surface area (Å²) >= 11 is 5.14. The minimum atomic E-state index is -0.199. The predicted octanol–water partition coefficient (Wildman–Crippen LogP) is 2.52. The van der Waals surface area contributed by atoms with Crippen LogP contribution in [0.15, 0.2) is 15.9 Å². The van der Waals surface area contributed by atoms with E-state index in [2.05, 4.69) is 33.5 Å². The molecule has 1 aliphatic heterocycles. The van der Waals surface area contributed by atoms with Gasteiger partial charge in [0.2, 0.25) is 5.91 Å². The maximum atomic E-state index is 12.2. The topological polar surface area (TPSA) is 41.1 Å². The highest BCUT2D eigenvalue weighted by Gasteiger charge is 2.34. The van der Waals surface area contributed by atoms with Crippen LogP contribution in [0.5, 0.6) is 0 Å². The van der Waals surface area contributed by atoms with E-state index >= 15 is 0 Å². The minimum absolute atomic E-state index is 0.180. The highest BCUT2D eigenvalue weighted by Crippen LogP contribution is 2.28. The number of hydrogen-bond acceptors (Lipinski definition) is 3. The van der Waals surface area contributed by atoms with Gasteiger partial charge in [-0.2, -0.15) is 0 Å². The standard InChI is InChI=1S/C12H17BrN2OS/c1-12(3-5-14-6-4-12)11(16)15-8-10-9(13)2-7-17-10/h2,7,14H,3-6,8H2,1H3,(H,15,16). The molecule has 5 heteroatoms. The number of amides is 1. The van der Waals surface area contributed by atoms with E-state index in [0.29, 0.717) is 6.54 Å². The molecule has 0 saturated carbocycles. The molecular formula is C12H17BrN2OS. The van der Waals surface area contributed by atoms with Crippen molar-refractivity contribution in [1.29, 1.82) is 0 Å². The fourth-order valence-electron chi connectivity index (χ4n) is 2.03. The van der Waals surface area contributed by atoms with E-state index in [9.17, 15) is 4.79 Å². The summed E-state index contributed by atoms with van der Waals surface area (Å²) in [7, 11) is 0. The van der Waals surface area contributed by atoms with Crippen LogP contribution in [0.1, 0.15) is 24.6 Å². The number of hydrogen-bond donors (Lipinski definition) is 2. The monoisotopic (exact) mass is 316 g/mol. The van der Waals surface area contributed by atoms with E-state index in [-0.39, 0.29) is 11.3 Å². The molecule has 1 saturated heterocycles. The van der Waals surface area contributed by atoms with Gasteiger partial charge in [-0.05, 0) is 53.3 Å². The lowest BCUT2D eigenvalue weighted by Gasteiger charge is -2.32. The predicted molar refractivity (Wildman–Crippen MR) is 74.1 cm³/mol. The van der Waals surface area contributed by atoms with Gasteiger partial charge < -0.3 is 10.6 Å². The summed E-state index contributed by atoms with van der Waals surface area (Å²) in [6.45, 7) is 4.56. The molecule has 0 unspecified atom stereocenters. The van der Waals surface area contributed by atoms with Crippen molar-refractivity contribution in [2.45, 2.75) is 26.3 Å². The van der Waals surface area contributed by atoms with E-state index in [1.807, 2.05) is 11.4 Å². The van der Waals surface area contributed by atoms with Crippen molar-refractivity contribution < 1.29 is 4.79 Å². The van der Waals surface area contributed by atoms with Crippen LogP contribution in [0.4, 0.5) is 0 Å². The average molecular weight is 317 g/mol. The molecule has 3 nitrogen and oxygen atoms in total.